The molecule has 0 aliphatic carbocycles. The lowest BCUT2D eigenvalue weighted by Gasteiger charge is -2.22. The van der Waals surface area contributed by atoms with Crippen molar-refractivity contribution in [1.29, 1.82) is 0 Å². The summed E-state index contributed by atoms with van der Waals surface area (Å²) in [4.78, 5) is 12.1. The molecule has 0 aliphatic rings. The molecule has 0 fully saturated rings. The number of carbonyl (C=O) groups excluding carboxylic acids is 1. The standard InChI is InChI=1S/C15H23NO4/c1-5-10(3)16-14(15(18)20-6-2)11-7-8-13(19-4)12(17)9-11/h7-10,14,16-17H,5-6H2,1-4H3. The number of nitrogens with one attached hydrogen (secondary N) is 1. The summed E-state index contributed by atoms with van der Waals surface area (Å²) in [5.74, 6) is 0.0301. The molecule has 2 unspecified atom stereocenters. The number of ether oxygens (including phenoxy) is 2. The summed E-state index contributed by atoms with van der Waals surface area (Å²) in [6.45, 7) is 6.12. The number of methoxy groups -OCH3 is 1. The molecule has 5 heteroatoms. The van der Waals surface area contributed by atoms with E-state index < -0.39 is 6.04 Å². The second kappa shape index (κ2) is 7.75. The summed E-state index contributed by atoms with van der Waals surface area (Å²) in [6.07, 6.45) is 0.887. The van der Waals surface area contributed by atoms with E-state index in [0.29, 0.717) is 17.9 Å². The molecular weight excluding hydrogens is 258 g/mol. The molecule has 0 saturated heterocycles. The first-order valence-corrected chi connectivity index (χ1v) is 6.83. The van der Waals surface area contributed by atoms with Crippen LogP contribution in [0, 0.1) is 0 Å². The van der Waals surface area contributed by atoms with Gasteiger partial charge in [0, 0.05) is 6.04 Å². The van der Waals surface area contributed by atoms with Crippen molar-refractivity contribution in [3.05, 3.63) is 23.8 Å². The fraction of sp³-hybridized carbons (Fsp3) is 0.533. The molecule has 0 amide bonds. The van der Waals surface area contributed by atoms with Crippen molar-refractivity contribution in [3.8, 4) is 11.5 Å². The van der Waals surface area contributed by atoms with Crippen LogP contribution in [-0.2, 0) is 9.53 Å². The topological polar surface area (TPSA) is 67.8 Å². The van der Waals surface area contributed by atoms with Crippen molar-refractivity contribution in [3.63, 3.8) is 0 Å². The summed E-state index contributed by atoms with van der Waals surface area (Å²) in [5.41, 5.74) is 0.655. The molecule has 112 valence electrons. The maximum absolute atomic E-state index is 12.1. The number of hydrogen-bond donors (Lipinski definition) is 2. The number of benzene rings is 1. The first kappa shape index (κ1) is 16.3. The maximum Gasteiger partial charge on any atom is 0.327 e. The van der Waals surface area contributed by atoms with Crippen LogP contribution < -0.4 is 10.1 Å². The van der Waals surface area contributed by atoms with Gasteiger partial charge >= 0.3 is 5.97 Å². The van der Waals surface area contributed by atoms with Crippen molar-refractivity contribution >= 4 is 5.97 Å². The van der Waals surface area contributed by atoms with E-state index in [1.165, 1.54) is 13.2 Å². The Morgan fingerprint density at radius 1 is 1.40 bits per heavy atom. The minimum absolute atomic E-state index is 0.00486. The normalized spacial score (nSPS) is 13.6. The predicted octanol–water partition coefficient (Wildman–Crippen LogP) is 2.39. The van der Waals surface area contributed by atoms with Gasteiger partial charge in [-0.2, -0.15) is 0 Å². The smallest absolute Gasteiger partial charge is 0.327 e. The van der Waals surface area contributed by atoms with Crippen LogP contribution in [0.25, 0.3) is 0 Å². The third-order valence-corrected chi connectivity index (χ3v) is 3.12. The number of esters is 1. The van der Waals surface area contributed by atoms with Gasteiger partial charge in [-0.15, -0.1) is 0 Å². The highest BCUT2D eigenvalue weighted by Gasteiger charge is 2.24. The molecular formula is C15H23NO4. The van der Waals surface area contributed by atoms with E-state index in [1.807, 2.05) is 13.8 Å². The van der Waals surface area contributed by atoms with Crippen LogP contribution in [-0.4, -0.2) is 30.8 Å². The maximum atomic E-state index is 12.1. The van der Waals surface area contributed by atoms with Gasteiger partial charge < -0.3 is 14.6 Å². The van der Waals surface area contributed by atoms with Gasteiger partial charge in [0.05, 0.1) is 13.7 Å². The fourth-order valence-electron chi connectivity index (χ4n) is 1.81. The van der Waals surface area contributed by atoms with Crippen molar-refractivity contribution in [1.82, 2.24) is 5.32 Å². The molecule has 0 saturated carbocycles. The highest BCUT2D eigenvalue weighted by atomic mass is 16.5. The summed E-state index contributed by atoms with van der Waals surface area (Å²) >= 11 is 0. The number of hydrogen-bond acceptors (Lipinski definition) is 5. The lowest BCUT2D eigenvalue weighted by molar-refractivity contribution is -0.146. The zero-order valence-corrected chi connectivity index (χ0v) is 12.5. The van der Waals surface area contributed by atoms with E-state index >= 15 is 0 Å². The Balaban J connectivity index is 3.02. The summed E-state index contributed by atoms with van der Waals surface area (Å²) in [6, 6.07) is 4.47. The SMILES string of the molecule is CCOC(=O)C(NC(C)CC)c1ccc(OC)c(O)c1. The Morgan fingerprint density at radius 3 is 2.60 bits per heavy atom. The Morgan fingerprint density at radius 2 is 2.10 bits per heavy atom. The van der Waals surface area contributed by atoms with E-state index in [2.05, 4.69) is 5.32 Å². The molecule has 0 radical (unpaired) electrons. The van der Waals surface area contributed by atoms with Crippen molar-refractivity contribution in [2.75, 3.05) is 13.7 Å². The van der Waals surface area contributed by atoms with Gasteiger partial charge in [0.15, 0.2) is 11.5 Å². The van der Waals surface area contributed by atoms with Crippen LogP contribution in [0.15, 0.2) is 18.2 Å². The Labute approximate surface area is 119 Å². The predicted molar refractivity (Wildman–Crippen MR) is 76.9 cm³/mol. The number of rotatable bonds is 7. The van der Waals surface area contributed by atoms with Crippen molar-refractivity contribution < 1.29 is 19.4 Å². The van der Waals surface area contributed by atoms with Gasteiger partial charge in [0.1, 0.15) is 6.04 Å². The average Bonchev–Trinajstić information content (AvgIpc) is 2.44. The lowest BCUT2D eigenvalue weighted by Crippen LogP contribution is -2.36. The molecule has 1 aromatic carbocycles. The summed E-state index contributed by atoms with van der Waals surface area (Å²) < 4.78 is 10.1. The lowest BCUT2D eigenvalue weighted by atomic mass is 10.0. The molecule has 0 bridgehead atoms. The van der Waals surface area contributed by atoms with Crippen LogP contribution >= 0.6 is 0 Å². The van der Waals surface area contributed by atoms with E-state index in [0.717, 1.165) is 6.42 Å². The van der Waals surface area contributed by atoms with Gasteiger partial charge in [-0.05, 0) is 38.0 Å². The van der Waals surface area contributed by atoms with E-state index in [-0.39, 0.29) is 17.8 Å². The summed E-state index contributed by atoms with van der Waals surface area (Å²) in [5, 5.41) is 13.0. The molecule has 0 spiro atoms. The van der Waals surface area contributed by atoms with Gasteiger partial charge in [0.2, 0.25) is 0 Å². The fourth-order valence-corrected chi connectivity index (χ4v) is 1.81. The minimum Gasteiger partial charge on any atom is -0.504 e. The molecule has 5 nitrogen and oxygen atoms in total. The number of phenolic OH excluding ortho intramolecular Hbond substituents is 1. The molecule has 2 atom stereocenters. The zero-order valence-electron chi connectivity index (χ0n) is 12.5. The third-order valence-electron chi connectivity index (χ3n) is 3.12. The van der Waals surface area contributed by atoms with Gasteiger partial charge in [-0.3, -0.25) is 5.32 Å². The molecule has 0 aromatic heterocycles. The third kappa shape index (κ3) is 4.13. The number of phenols is 1. The van der Waals surface area contributed by atoms with E-state index in [1.54, 1.807) is 19.1 Å². The second-order valence-electron chi connectivity index (χ2n) is 4.59. The largest absolute Gasteiger partial charge is 0.504 e. The Hall–Kier alpha value is -1.75. The minimum atomic E-state index is -0.596. The monoisotopic (exact) mass is 281 g/mol. The molecule has 0 heterocycles. The molecule has 2 N–H and O–H groups in total. The quantitative estimate of drug-likeness (QED) is 0.751. The highest BCUT2D eigenvalue weighted by molar-refractivity contribution is 5.78. The Kier molecular flexibility index (Phi) is 6.31. The van der Waals surface area contributed by atoms with E-state index in [9.17, 15) is 9.90 Å². The molecule has 1 aromatic rings. The second-order valence-corrected chi connectivity index (χ2v) is 4.59. The van der Waals surface area contributed by atoms with Gasteiger partial charge in [-0.25, -0.2) is 4.79 Å². The van der Waals surface area contributed by atoms with E-state index in [4.69, 9.17) is 9.47 Å². The number of carbonyl (C=O) groups is 1. The zero-order chi connectivity index (χ0) is 15.1. The van der Waals surface area contributed by atoms with Crippen LogP contribution in [0.1, 0.15) is 38.8 Å². The van der Waals surface area contributed by atoms with Crippen LogP contribution in [0.3, 0.4) is 0 Å². The van der Waals surface area contributed by atoms with Crippen LogP contribution in [0.5, 0.6) is 11.5 Å². The van der Waals surface area contributed by atoms with Gasteiger partial charge in [-0.1, -0.05) is 13.0 Å². The van der Waals surface area contributed by atoms with Gasteiger partial charge in [0.25, 0.3) is 0 Å². The first-order chi connectivity index (χ1) is 9.53. The molecule has 20 heavy (non-hydrogen) atoms. The summed E-state index contributed by atoms with van der Waals surface area (Å²) in [7, 11) is 1.48. The first-order valence-electron chi connectivity index (χ1n) is 6.83. The number of aromatic hydroxyl groups is 1. The van der Waals surface area contributed by atoms with Crippen LogP contribution in [0.4, 0.5) is 0 Å². The average molecular weight is 281 g/mol. The van der Waals surface area contributed by atoms with Crippen LogP contribution in [0.2, 0.25) is 0 Å². The van der Waals surface area contributed by atoms with Crippen molar-refractivity contribution in [2.24, 2.45) is 0 Å². The highest BCUT2D eigenvalue weighted by Crippen LogP contribution is 2.29. The molecule has 1 rings (SSSR count). The Bertz CT molecular complexity index is 447. The molecule has 0 aliphatic heterocycles. The van der Waals surface area contributed by atoms with Crippen molar-refractivity contribution in [2.45, 2.75) is 39.3 Å².